The van der Waals surface area contributed by atoms with Crippen molar-refractivity contribution >= 4 is 18.0 Å². The zero-order chi connectivity index (χ0) is 23.0. The van der Waals surface area contributed by atoms with Crippen LogP contribution in [0.2, 0.25) is 0 Å². The first kappa shape index (κ1) is 30.4. The molecule has 0 bridgehead atoms. The lowest BCUT2D eigenvalue weighted by Gasteiger charge is -2.25. The molecule has 0 aliphatic heterocycles. The first-order valence-corrected chi connectivity index (χ1v) is 14.3. The maximum Gasteiger partial charge on any atom is 0.419 e. The van der Waals surface area contributed by atoms with Gasteiger partial charge in [0.2, 0.25) is 0 Å². The summed E-state index contributed by atoms with van der Waals surface area (Å²) in [6.07, 6.45) is 26.1. The van der Waals surface area contributed by atoms with Gasteiger partial charge in [0.05, 0.1) is 6.61 Å². The van der Waals surface area contributed by atoms with Crippen LogP contribution in [0.25, 0.3) is 0 Å². The van der Waals surface area contributed by atoms with Gasteiger partial charge < -0.3 is 4.74 Å². The smallest absolute Gasteiger partial charge is 0.419 e. The average Bonchev–Trinajstić information content (AvgIpc) is 2.77. The standard InChI is InChI=1S/C27H53NO2S/c1-5-9-10-11-12-13-14-15-16-17-18-19-20-21-23-26(22-6-2)31-28(24-7-3)27(29)30-25-8-4/h15-16,26H,5-14,17-25H2,1-4H3/b16-15-. The quantitative estimate of drug-likeness (QED) is 0.0924. The van der Waals surface area contributed by atoms with Gasteiger partial charge in [-0.15, -0.1) is 0 Å². The van der Waals surface area contributed by atoms with E-state index in [-0.39, 0.29) is 6.09 Å². The first-order chi connectivity index (χ1) is 15.2. The van der Waals surface area contributed by atoms with E-state index < -0.39 is 0 Å². The molecule has 1 amide bonds. The SMILES string of the molecule is CCCCCCCC/C=C\CCCCCCC(CCC)SN(CCC)C(=O)OCCC. The Bertz CT molecular complexity index is 414. The van der Waals surface area contributed by atoms with Crippen LogP contribution in [-0.2, 0) is 4.74 Å². The van der Waals surface area contributed by atoms with Gasteiger partial charge in [-0.2, -0.15) is 0 Å². The molecule has 0 radical (unpaired) electrons. The van der Waals surface area contributed by atoms with Crippen molar-refractivity contribution in [1.29, 1.82) is 0 Å². The molecule has 31 heavy (non-hydrogen) atoms. The summed E-state index contributed by atoms with van der Waals surface area (Å²) in [5.74, 6) is 0. The highest BCUT2D eigenvalue weighted by molar-refractivity contribution is 7.98. The minimum absolute atomic E-state index is 0.150. The fraction of sp³-hybridized carbons (Fsp3) is 0.889. The molecule has 0 N–H and O–H groups in total. The second-order valence-electron chi connectivity index (χ2n) is 8.75. The Balaban J connectivity index is 3.90. The number of amides is 1. The van der Waals surface area contributed by atoms with E-state index in [0.717, 1.165) is 19.4 Å². The van der Waals surface area contributed by atoms with Crippen molar-refractivity contribution in [2.75, 3.05) is 13.2 Å². The van der Waals surface area contributed by atoms with Crippen LogP contribution in [0.3, 0.4) is 0 Å². The summed E-state index contributed by atoms with van der Waals surface area (Å²) in [6, 6.07) is 0. The molecular weight excluding hydrogens is 402 g/mol. The molecule has 0 rings (SSSR count). The van der Waals surface area contributed by atoms with Gasteiger partial charge >= 0.3 is 6.09 Å². The lowest BCUT2D eigenvalue weighted by Crippen LogP contribution is -2.29. The molecule has 0 aromatic rings. The van der Waals surface area contributed by atoms with Crippen molar-refractivity contribution < 1.29 is 9.53 Å². The minimum Gasteiger partial charge on any atom is -0.449 e. The Kier molecular flexibility index (Phi) is 23.5. The number of carbonyl (C=O) groups is 1. The highest BCUT2D eigenvalue weighted by Crippen LogP contribution is 2.27. The van der Waals surface area contributed by atoms with Gasteiger partial charge in [-0.05, 0) is 63.3 Å². The molecule has 0 aliphatic rings. The zero-order valence-electron chi connectivity index (χ0n) is 21.3. The van der Waals surface area contributed by atoms with Crippen molar-refractivity contribution in [2.24, 2.45) is 0 Å². The summed E-state index contributed by atoms with van der Waals surface area (Å²) >= 11 is 1.73. The summed E-state index contributed by atoms with van der Waals surface area (Å²) in [6.45, 7) is 9.97. The number of hydrogen-bond acceptors (Lipinski definition) is 3. The maximum atomic E-state index is 12.3. The topological polar surface area (TPSA) is 29.5 Å². The largest absolute Gasteiger partial charge is 0.449 e. The molecule has 1 unspecified atom stereocenters. The maximum absolute atomic E-state index is 12.3. The molecule has 0 aliphatic carbocycles. The molecule has 3 nitrogen and oxygen atoms in total. The molecule has 4 heteroatoms. The molecule has 0 aromatic carbocycles. The van der Waals surface area contributed by atoms with Crippen LogP contribution >= 0.6 is 11.9 Å². The van der Waals surface area contributed by atoms with Crippen LogP contribution in [0.1, 0.15) is 137 Å². The van der Waals surface area contributed by atoms with E-state index in [4.69, 9.17) is 4.74 Å². The fourth-order valence-electron chi connectivity index (χ4n) is 3.67. The third-order valence-electron chi connectivity index (χ3n) is 5.48. The summed E-state index contributed by atoms with van der Waals surface area (Å²) in [7, 11) is 0. The van der Waals surface area contributed by atoms with Crippen molar-refractivity contribution in [3.05, 3.63) is 12.2 Å². The van der Waals surface area contributed by atoms with Crippen LogP contribution in [0, 0.1) is 0 Å². The molecule has 0 saturated carbocycles. The van der Waals surface area contributed by atoms with Crippen molar-refractivity contribution in [2.45, 2.75) is 142 Å². The summed E-state index contributed by atoms with van der Waals surface area (Å²) in [5.41, 5.74) is 0. The van der Waals surface area contributed by atoms with Gasteiger partial charge in [0, 0.05) is 11.8 Å². The van der Waals surface area contributed by atoms with E-state index in [2.05, 4.69) is 32.9 Å². The molecule has 0 heterocycles. The van der Waals surface area contributed by atoms with Gasteiger partial charge in [0.25, 0.3) is 0 Å². The molecule has 0 aromatic heterocycles. The Morgan fingerprint density at radius 1 is 0.742 bits per heavy atom. The minimum atomic E-state index is -0.150. The highest BCUT2D eigenvalue weighted by Gasteiger charge is 2.20. The summed E-state index contributed by atoms with van der Waals surface area (Å²) < 4.78 is 7.24. The second kappa shape index (κ2) is 24.0. The van der Waals surface area contributed by atoms with Crippen molar-refractivity contribution in [1.82, 2.24) is 4.31 Å². The number of nitrogens with zero attached hydrogens (tertiary/aromatic N) is 1. The molecule has 184 valence electrons. The Labute approximate surface area is 199 Å². The van der Waals surface area contributed by atoms with E-state index in [9.17, 15) is 4.79 Å². The number of allylic oxidation sites excluding steroid dienone is 2. The third-order valence-corrected chi connectivity index (χ3v) is 6.84. The third kappa shape index (κ3) is 19.7. The lowest BCUT2D eigenvalue weighted by atomic mass is 10.1. The molecule has 0 spiro atoms. The van der Waals surface area contributed by atoms with E-state index in [1.54, 1.807) is 11.9 Å². The highest BCUT2D eigenvalue weighted by atomic mass is 32.2. The van der Waals surface area contributed by atoms with E-state index >= 15 is 0 Å². The van der Waals surface area contributed by atoms with E-state index in [1.165, 1.54) is 96.3 Å². The molecular formula is C27H53NO2S. The van der Waals surface area contributed by atoms with Gasteiger partial charge in [-0.25, -0.2) is 4.79 Å². The van der Waals surface area contributed by atoms with Crippen LogP contribution in [0.15, 0.2) is 12.2 Å². The van der Waals surface area contributed by atoms with Gasteiger partial charge in [-0.1, -0.05) is 97.6 Å². The number of carbonyl (C=O) groups excluding carboxylic acids is 1. The second-order valence-corrected chi connectivity index (χ2v) is 10.1. The van der Waals surface area contributed by atoms with Crippen LogP contribution in [0.4, 0.5) is 4.79 Å². The van der Waals surface area contributed by atoms with E-state index in [1.807, 2.05) is 11.2 Å². The average molecular weight is 456 g/mol. The van der Waals surface area contributed by atoms with Crippen LogP contribution in [-0.4, -0.2) is 28.8 Å². The normalized spacial score (nSPS) is 12.4. The monoisotopic (exact) mass is 455 g/mol. The number of rotatable bonds is 22. The van der Waals surface area contributed by atoms with Crippen LogP contribution < -0.4 is 0 Å². The zero-order valence-corrected chi connectivity index (χ0v) is 22.2. The predicted octanol–water partition coefficient (Wildman–Crippen LogP) is 9.71. The van der Waals surface area contributed by atoms with Crippen molar-refractivity contribution in [3.8, 4) is 0 Å². The lowest BCUT2D eigenvalue weighted by molar-refractivity contribution is 0.128. The predicted molar refractivity (Wildman–Crippen MR) is 140 cm³/mol. The van der Waals surface area contributed by atoms with Gasteiger partial charge in [0.1, 0.15) is 0 Å². The van der Waals surface area contributed by atoms with E-state index in [0.29, 0.717) is 11.9 Å². The Hall–Kier alpha value is -0.640. The van der Waals surface area contributed by atoms with Crippen LogP contribution in [0.5, 0.6) is 0 Å². The van der Waals surface area contributed by atoms with Crippen molar-refractivity contribution in [3.63, 3.8) is 0 Å². The Morgan fingerprint density at radius 3 is 1.94 bits per heavy atom. The number of unbranched alkanes of at least 4 members (excludes halogenated alkanes) is 10. The first-order valence-electron chi connectivity index (χ1n) is 13.4. The summed E-state index contributed by atoms with van der Waals surface area (Å²) in [5, 5.41) is 0.531. The molecule has 0 saturated heterocycles. The van der Waals surface area contributed by atoms with Gasteiger partial charge in [-0.3, -0.25) is 4.31 Å². The molecule has 1 atom stereocenters. The van der Waals surface area contributed by atoms with Gasteiger partial charge in [0.15, 0.2) is 0 Å². The Morgan fingerprint density at radius 2 is 1.35 bits per heavy atom. The molecule has 0 fully saturated rings. The number of ether oxygens (including phenoxy) is 1. The summed E-state index contributed by atoms with van der Waals surface area (Å²) in [4.78, 5) is 12.3. The number of hydrogen-bond donors (Lipinski definition) is 0. The fourth-order valence-corrected chi connectivity index (χ4v) is 5.07.